The zero-order valence-electron chi connectivity index (χ0n) is 12.0. The summed E-state index contributed by atoms with van der Waals surface area (Å²) in [6, 6.07) is -0.570. The minimum absolute atomic E-state index is 0.106. The van der Waals surface area contributed by atoms with Crippen LogP contribution in [0.15, 0.2) is 0 Å². The van der Waals surface area contributed by atoms with Gasteiger partial charge in [0.25, 0.3) is 0 Å². The van der Waals surface area contributed by atoms with Crippen LogP contribution < -0.4 is 5.73 Å². The lowest BCUT2D eigenvalue weighted by atomic mass is 10.1. The van der Waals surface area contributed by atoms with Gasteiger partial charge in [0.05, 0.1) is 0 Å². The Hall–Kier alpha value is -1.38. The molecule has 116 valence electrons. The van der Waals surface area contributed by atoms with Gasteiger partial charge >= 0.3 is 12.1 Å². The zero-order valence-corrected chi connectivity index (χ0v) is 12.0. The van der Waals surface area contributed by atoms with Gasteiger partial charge in [-0.05, 0) is 33.4 Å². The van der Waals surface area contributed by atoms with Gasteiger partial charge in [-0.1, -0.05) is 0 Å². The molecule has 1 aliphatic rings. The number of nitrogens with zero attached hydrogens (tertiary/aromatic N) is 3. The maximum atomic E-state index is 11.3. The zero-order chi connectivity index (χ0) is 15.3. The standard InChI is InChI=1S/C12H24N4O4/c1-14(2)9-3-6-15(7-4-9)16(12(19)20)8-5-10(13)11(17)18/h9-10H,3-8,13H2,1-2H3,(H,17,18)(H,19,20)/t10-/m0/s1. The van der Waals surface area contributed by atoms with E-state index >= 15 is 0 Å². The van der Waals surface area contributed by atoms with Gasteiger partial charge in [0.2, 0.25) is 0 Å². The first-order valence-corrected chi connectivity index (χ1v) is 6.73. The maximum Gasteiger partial charge on any atom is 0.421 e. The molecule has 0 bridgehead atoms. The van der Waals surface area contributed by atoms with Crippen LogP contribution in [0, 0.1) is 0 Å². The molecular weight excluding hydrogens is 264 g/mol. The Morgan fingerprint density at radius 2 is 1.85 bits per heavy atom. The van der Waals surface area contributed by atoms with Gasteiger partial charge in [0.1, 0.15) is 6.04 Å². The molecule has 1 rings (SSSR count). The summed E-state index contributed by atoms with van der Waals surface area (Å²) in [5.41, 5.74) is 5.41. The number of nitrogens with two attached hydrogens (primary N) is 1. The van der Waals surface area contributed by atoms with Crippen LogP contribution in [-0.2, 0) is 4.79 Å². The van der Waals surface area contributed by atoms with Gasteiger partial charge in [-0.15, -0.1) is 0 Å². The summed E-state index contributed by atoms with van der Waals surface area (Å²) in [6.07, 6.45) is 0.824. The van der Waals surface area contributed by atoms with Gasteiger partial charge in [-0.3, -0.25) is 4.79 Å². The summed E-state index contributed by atoms with van der Waals surface area (Å²) < 4.78 is 0. The van der Waals surface area contributed by atoms with Crippen LogP contribution in [-0.4, -0.2) is 83.0 Å². The smallest absolute Gasteiger partial charge is 0.421 e. The summed E-state index contributed by atoms with van der Waals surface area (Å²) in [6.45, 7) is 1.41. The molecule has 1 saturated heterocycles. The number of carbonyl (C=O) groups is 2. The van der Waals surface area contributed by atoms with E-state index in [4.69, 9.17) is 10.8 Å². The number of hydrogen-bond donors (Lipinski definition) is 3. The Kier molecular flexibility index (Phi) is 6.18. The van der Waals surface area contributed by atoms with E-state index in [1.807, 2.05) is 14.1 Å². The lowest BCUT2D eigenvalue weighted by molar-refractivity contribution is -0.139. The first-order chi connectivity index (χ1) is 9.32. The minimum atomic E-state index is -1.11. The third-order valence-corrected chi connectivity index (χ3v) is 3.70. The lowest BCUT2D eigenvalue weighted by Gasteiger charge is -2.40. The number of carboxylic acids is 1. The van der Waals surface area contributed by atoms with Crippen molar-refractivity contribution in [2.24, 2.45) is 5.73 Å². The van der Waals surface area contributed by atoms with Crippen molar-refractivity contribution in [1.82, 2.24) is 14.9 Å². The highest BCUT2D eigenvalue weighted by Crippen LogP contribution is 2.16. The highest BCUT2D eigenvalue weighted by Gasteiger charge is 2.28. The summed E-state index contributed by atoms with van der Waals surface area (Å²) in [4.78, 5) is 24.1. The molecule has 0 aromatic carbocycles. The summed E-state index contributed by atoms with van der Waals surface area (Å²) in [7, 11) is 4.03. The molecule has 20 heavy (non-hydrogen) atoms. The molecule has 1 heterocycles. The van der Waals surface area contributed by atoms with Crippen LogP contribution in [0.3, 0.4) is 0 Å². The van der Waals surface area contributed by atoms with Crippen molar-refractivity contribution in [2.75, 3.05) is 33.7 Å². The molecule has 0 aliphatic carbocycles. The van der Waals surface area contributed by atoms with Crippen molar-refractivity contribution >= 4 is 12.1 Å². The van der Waals surface area contributed by atoms with Crippen LogP contribution in [0.5, 0.6) is 0 Å². The third-order valence-electron chi connectivity index (χ3n) is 3.70. The Labute approximate surface area is 118 Å². The number of piperidine rings is 1. The molecule has 0 aromatic rings. The average Bonchev–Trinajstić information content (AvgIpc) is 2.38. The molecular formula is C12H24N4O4. The van der Waals surface area contributed by atoms with Gasteiger partial charge < -0.3 is 20.8 Å². The molecule has 1 fully saturated rings. The SMILES string of the molecule is CN(C)C1CCN(N(CC[C@H](N)C(=O)O)C(=O)O)CC1. The molecule has 1 amide bonds. The third kappa shape index (κ3) is 4.62. The summed E-state index contributed by atoms with van der Waals surface area (Å²) >= 11 is 0. The first-order valence-electron chi connectivity index (χ1n) is 6.73. The molecule has 1 atom stereocenters. The highest BCUT2D eigenvalue weighted by molar-refractivity contribution is 5.73. The Morgan fingerprint density at radius 1 is 1.30 bits per heavy atom. The van der Waals surface area contributed by atoms with Crippen molar-refractivity contribution in [2.45, 2.75) is 31.3 Å². The van der Waals surface area contributed by atoms with E-state index in [2.05, 4.69) is 4.90 Å². The van der Waals surface area contributed by atoms with Gasteiger partial charge in [0.15, 0.2) is 0 Å². The Bertz CT molecular complexity index is 342. The molecule has 8 nitrogen and oxygen atoms in total. The van der Waals surface area contributed by atoms with Crippen molar-refractivity contribution in [3.8, 4) is 0 Å². The van der Waals surface area contributed by atoms with Crippen LogP contribution >= 0.6 is 0 Å². The predicted octanol–water partition coefficient (Wildman–Crippen LogP) is -0.291. The summed E-state index contributed by atoms with van der Waals surface area (Å²) in [5, 5.41) is 20.9. The second-order valence-corrected chi connectivity index (χ2v) is 5.29. The van der Waals surface area contributed by atoms with Crippen LogP contribution in [0.4, 0.5) is 4.79 Å². The number of carboxylic acid groups (broad SMARTS) is 2. The molecule has 0 radical (unpaired) electrons. The van der Waals surface area contributed by atoms with Gasteiger partial charge in [-0.2, -0.15) is 0 Å². The summed E-state index contributed by atoms with van der Waals surface area (Å²) in [5.74, 6) is -1.11. The quantitative estimate of drug-likeness (QED) is 0.616. The van der Waals surface area contributed by atoms with E-state index in [0.29, 0.717) is 19.1 Å². The van der Waals surface area contributed by atoms with E-state index in [1.54, 1.807) is 5.01 Å². The Morgan fingerprint density at radius 3 is 2.25 bits per heavy atom. The normalized spacial score (nSPS) is 19.0. The average molecular weight is 288 g/mol. The largest absolute Gasteiger partial charge is 0.480 e. The highest BCUT2D eigenvalue weighted by atomic mass is 16.4. The molecule has 8 heteroatoms. The fraction of sp³-hybridized carbons (Fsp3) is 0.833. The van der Waals surface area contributed by atoms with E-state index in [0.717, 1.165) is 12.8 Å². The van der Waals surface area contributed by atoms with Gasteiger partial charge in [-0.25, -0.2) is 14.8 Å². The molecule has 0 saturated carbocycles. The van der Waals surface area contributed by atoms with E-state index in [1.165, 1.54) is 5.01 Å². The van der Waals surface area contributed by atoms with Crippen molar-refractivity contribution in [3.05, 3.63) is 0 Å². The molecule has 1 aliphatic heterocycles. The first kappa shape index (κ1) is 16.7. The monoisotopic (exact) mass is 288 g/mol. The van der Waals surface area contributed by atoms with Crippen LogP contribution in [0.25, 0.3) is 0 Å². The van der Waals surface area contributed by atoms with Crippen molar-refractivity contribution in [1.29, 1.82) is 0 Å². The van der Waals surface area contributed by atoms with Gasteiger partial charge in [0, 0.05) is 25.7 Å². The topological polar surface area (TPSA) is 110 Å². The molecule has 0 aromatic heterocycles. The van der Waals surface area contributed by atoms with E-state index in [-0.39, 0.29) is 13.0 Å². The number of hydrogen-bond acceptors (Lipinski definition) is 5. The van der Waals surface area contributed by atoms with E-state index < -0.39 is 18.1 Å². The minimum Gasteiger partial charge on any atom is -0.480 e. The number of aliphatic carboxylic acids is 1. The molecule has 4 N–H and O–H groups in total. The molecule has 0 spiro atoms. The Balaban J connectivity index is 2.51. The lowest BCUT2D eigenvalue weighted by Crippen LogP contribution is -2.53. The fourth-order valence-electron chi connectivity index (χ4n) is 2.35. The number of rotatable bonds is 6. The number of amides is 1. The molecule has 0 unspecified atom stereocenters. The van der Waals surface area contributed by atoms with Crippen LogP contribution in [0.1, 0.15) is 19.3 Å². The number of hydrazine groups is 1. The predicted molar refractivity (Wildman–Crippen MR) is 73.2 cm³/mol. The second kappa shape index (κ2) is 7.41. The fourth-order valence-corrected chi connectivity index (χ4v) is 2.35. The van der Waals surface area contributed by atoms with E-state index in [9.17, 15) is 14.7 Å². The van der Waals surface area contributed by atoms with Crippen molar-refractivity contribution in [3.63, 3.8) is 0 Å². The maximum absolute atomic E-state index is 11.3. The van der Waals surface area contributed by atoms with Crippen molar-refractivity contribution < 1.29 is 19.8 Å². The second-order valence-electron chi connectivity index (χ2n) is 5.29. The van der Waals surface area contributed by atoms with Crippen LogP contribution in [0.2, 0.25) is 0 Å².